The molecule has 1 aromatic heterocycles. The Morgan fingerprint density at radius 1 is 1.28 bits per heavy atom. The fraction of sp³-hybridized carbons (Fsp3) is 0.429. The number of hydrogen-bond acceptors (Lipinski definition) is 4. The zero-order valence-corrected chi connectivity index (χ0v) is 10.2. The third-order valence-electron chi connectivity index (χ3n) is 3.35. The van der Waals surface area contributed by atoms with Gasteiger partial charge in [0, 0.05) is 18.9 Å². The summed E-state index contributed by atoms with van der Waals surface area (Å²) in [5.41, 5.74) is 7.24. The van der Waals surface area contributed by atoms with E-state index in [1.165, 1.54) is 18.4 Å². The average molecular weight is 243 g/mol. The van der Waals surface area contributed by atoms with Crippen LogP contribution in [0.3, 0.4) is 0 Å². The number of hydrogen-bond donors (Lipinski definition) is 1. The van der Waals surface area contributed by atoms with E-state index in [0.717, 1.165) is 5.82 Å². The van der Waals surface area contributed by atoms with Crippen LogP contribution >= 0.6 is 0 Å². The van der Waals surface area contributed by atoms with E-state index >= 15 is 0 Å². The summed E-state index contributed by atoms with van der Waals surface area (Å²) in [6.45, 7) is 0. The second-order valence-corrected chi connectivity index (χ2v) is 4.97. The van der Waals surface area contributed by atoms with Crippen molar-refractivity contribution in [1.29, 1.82) is 0 Å². The molecular weight excluding hydrogens is 226 g/mol. The van der Waals surface area contributed by atoms with Crippen molar-refractivity contribution in [2.24, 2.45) is 11.7 Å². The van der Waals surface area contributed by atoms with E-state index in [1.807, 2.05) is 18.2 Å². The van der Waals surface area contributed by atoms with Gasteiger partial charge in [0.15, 0.2) is 5.82 Å². The minimum atomic E-state index is 0.176. The molecule has 1 aliphatic rings. The normalized spacial score (nSPS) is 16.7. The number of nitrogens with two attached hydrogens (primary N) is 1. The summed E-state index contributed by atoms with van der Waals surface area (Å²) in [7, 11) is 0. The number of aromatic nitrogens is 2. The fourth-order valence-electron chi connectivity index (χ4n) is 2.12. The lowest BCUT2D eigenvalue weighted by molar-refractivity contribution is 0.359. The minimum absolute atomic E-state index is 0.176. The quantitative estimate of drug-likeness (QED) is 0.871. The van der Waals surface area contributed by atoms with Crippen molar-refractivity contribution in [2.45, 2.75) is 31.7 Å². The Kier molecular flexibility index (Phi) is 3.11. The van der Waals surface area contributed by atoms with Gasteiger partial charge >= 0.3 is 0 Å². The van der Waals surface area contributed by atoms with Crippen LogP contribution in [0.5, 0.6) is 0 Å². The molecule has 0 aliphatic heterocycles. The minimum Gasteiger partial charge on any atom is -0.339 e. The standard InChI is InChI=1S/C14H17N3O/c15-12(11-6-7-11)9-14-16-13(17-18-14)8-10-4-2-1-3-5-10/h1-5,11-12H,6-9,15H2. The highest BCUT2D eigenvalue weighted by Crippen LogP contribution is 2.32. The lowest BCUT2D eigenvalue weighted by Crippen LogP contribution is -2.25. The molecule has 0 saturated heterocycles. The first-order valence-electron chi connectivity index (χ1n) is 6.42. The van der Waals surface area contributed by atoms with Gasteiger partial charge in [-0.1, -0.05) is 35.5 Å². The van der Waals surface area contributed by atoms with Crippen LogP contribution < -0.4 is 5.73 Å². The topological polar surface area (TPSA) is 64.9 Å². The first-order chi connectivity index (χ1) is 8.81. The number of nitrogens with zero attached hydrogens (tertiary/aromatic N) is 2. The van der Waals surface area contributed by atoms with Crippen molar-refractivity contribution in [3.63, 3.8) is 0 Å². The molecule has 2 N–H and O–H groups in total. The van der Waals surface area contributed by atoms with E-state index < -0.39 is 0 Å². The smallest absolute Gasteiger partial charge is 0.228 e. The molecule has 1 aliphatic carbocycles. The van der Waals surface area contributed by atoms with Crippen molar-refractivity contribution >= 4 is 0 Å². The van der Waals surface area contributed by atoms with Gasteiger partial charge in [-0.3, -0.25) is 0 Å². The van der Waals surface area contributed by atoms with Crippen LogP contribution in [0.25, 0.3) is 0 Å². The molecule has 4 heteroatoms. The Morgan fingerprint density at radius 2 is 2.06 bits per heavy atom. The maximum atomic E-state index is 6.05. The summed E-state index contributed by atoms with van der Waals surface area (Å²) in [6, 6.07) is 10.3. The highest BCUT2D eigenvalue weighted by atomic mass is 16.5. The highest BCUT2D eigenvalue weighted by Gasteiger charge is 2.29. The molecule has 1 saturated carbocycles. The molecule has 1 heterocycles. The summed E-state index contributed by atoms with van der Waals surface area (Å²) in [5, 5.41) is 4.00. The Bertz CT molecular complexity index is 505. The molecule has 18 heavy (non-hydrogen) atoms. The molecule has 3 rings (SSSR count). The molecule has 0 spiro atoms. The zero-order valence-electron chi connectivity index (χ0n) is 10.2. The van der Waals surface area contributed by atoms with Gasteiger partial charge in [0.2, 0.25) is 5.89 Å². The van der Waals surface area contributed by atoms with Gasteiger partial charge in [0.1, 0.15) is 0 Å². The van der Waals surface area contributed by atoms with Gasteiger partial charge in [-0.2, -0.15) is 4.98 Å². The van der Waals surface area contributed by atoms with E-state index in [2.05, 4.69) is 22.3 Å². The van der Waals surface area contributed by atoms with E-state index in [4.69, 9.17) is 10.3 Å². The summed E-state index contributed by atoms with van der Waals surface area (Å²) < 4.78 is 5.24. The molecule has 94 valence electrons. The summed E-state index contributed by atoms with van der Waals surface area (Å²) >= 11 is 0. The first kappa shape index (κ1) is 11.4. The Morgan fingerprint density at radius 3 is 2.78 bits per heavy atom. The van der Waals surface area contributed by atoms with Crippen LogP contribution in [0, 0.1) is 5.92 Å². The van der Waals surface area contributed by atoms with Crippen LogP contribution in [0.4, 0.5) is 0 Å². The van der Waals surface area contributed by atoms with Gasteiger partial charge in [-0.05, 0) is 24.3 Å². The van der Waals surface area contributed by atoms with E-state index in [0.29, 0.717) is 24.7 Å². The van der Waals surface area contributed by atoms with Crippen molar-refractivity contribution < 1.29 is 4.52 Å². The van der Waals surface area contributed by atoms with Crippen LogP contribution in [0.2, 0.25) is 0 Å². The molecule has 4 nitrogen and oxygen atoms in total. The largest absolute Gasteiger partial charge is 0.339 e. The zero-order chi connectivity index (χ0) is 12.4. The lowest BCUT2D eigenvalue weighted by Gasteiger charge is -2.04. The third kappa shape index (κ3) is 2.76. The summed E-state index contributed by atoms with van der Waals surface area (Å²) in [5.74, 6) is 2.06. The van der Waals surface area contributed by atoms with Gasteiger partial charge in [-0.15, -0.1) is 0 Å². The number of benzene rings is 1. The van der Waals surface area contributed by atoms with Gasteiger partial charge in [0.05, 0.1) is 0 Å². The van der Waals surface area contributed by atoms with Crippen molar-refractivity contribution in [1.82, 2.24) is 10.1 Å². The van der Waals surface area contributed by atoms with Crippen molar-refractivity contribution in [3.05, 3.63) is 47.6 Å². The third-order valence-corrected chi connectivity index (χ3v) is 3.35. The molecule has 2 aromatic rings. The lowest BCUT2D eigenvalue weighted by atomic mass is 10.1. The second kappa shape index (κ2) is 4.90. The monoisotopic (exact) mass is 243 g/mol. The Balaban J connectivity index is 1.62. The summed E-state index contributed by atoms with van der Waals surface area (Å²) in [6.07, 6.45) is 3.90. The Labute approximate surface area is 106 Å². The van der Waals surface area contributed by atoms with Gasteiger partial charge in [-0.25, -0.2) is 0 Å². The first-order valence-corrected chi connectivity index (χ1v) is 6.42. The van der Waals surface area contributed by atoms with Crippen LogP contribution in [0.1, 0.15) is 30.1 Å². The molecule has 1 unspecified atom stereocenters. The SMILES string of the molecule is NC(Cc1nc(Cc2ccccc2)no1)C1CC1. The van der Waals surface area contributed by atoms with Crippen LogP contribution in [0.15, 0.2) is 34.9 Å². The molecular formula is C14H17N3O. The molecule has 0 amide bonds. The van der Waals surface area contributed by atoms with Gasteiger partial charge < -0.3 is 10.3 Å². The second-order valence-electron chi connectivity index (χ2n) is 4.97. The van der Waals surface area contributed by atoms with Crippen LogP contribution in [-0.4, -0.2) is 16.2 Å². The van der Waals surface area contributed by atoms with Crippen molar-refractivity contribution in [3.8, 4) is 0 Å². The van der Waals surface area contributed by atoms with E-state index in [9.17, 15) is 0 Å². The molecule has 0 bridgehead atoms. The predicted molar refractivity (Wildman–Crippen MR) is 67.9 cm³/mol. The molecule has 1 atom stereocenters. The Hall–Kier alpha value is -1.68. The maximum Gasteiger partial charge on any atom is 0.228 e. The highest BCUT2D eigenvalue weighted by molar-refractivity contribution is 5.18. The molecule has 1 aromatic carbocycles. The average Bonchev–Trinajstić information content (AvgIpc) is 3.15. The predicted octanol–water partition coefficient (Wildman–Crippen LogP) is 1.94. The summed E-state index contributed by atoms with van der Waals surface area (Å²) in [4.78, 5) is 4.40. The molecule has 1 fully saturated rings. The van der Waals surface area contributed by atoms with E-state index in [-0.39, 0.29) is 6.04 Å². The van der Waals surface area contributed by atoms with Gasteiger partial charge in [0.25, 0.3) is 0 Å². The van der Waals surface area contributed by atoms with E-state index in [1.54, 1.807) is 0 Å². The number of rotatable bonds is 5. The molecule has 0 radical (unpaired) electrons. The maximum absolute atomic E-state index is 6.05. The van der Waals surface area contributed by atoms with Crippen molar-refractivity contribution in [2.75, 3.05) is 0 Å². The fourth-order valence-corrected chi connectivity index (χ4v) is 2.12. The van der Waals surface area contributed by atoms with Crippen LogP contribution in [-0.2, 0) is 12.8 Å².